The maximum Gasteiger partial charge on any atom is 0.252 e. The number of rotatable bonds is 4. The van der Waals surface area contributed by atoms with Gasteiger partial charge in [-0.1, -0.05) is 6.07 Å². The maximum absolute atomic E-state index is 12.2. The second-order valence-corrected chi connectivity index (χ2v) is 5.92. The van der Waals surface area contributed by atoms with E-state index in [1.54, 1.807) is 4.52 Å². The highest BCUT2D eigenvalue weighted by Crippen LogP contribution is 2.32. The summed E-state index contributed by atoms with van der Waals surface area (Å²) < 4.78 is 12.2. The van der Waals surface area contributed by atoms with Gasteiger partial charge in [0.05, 0.1) is 6.42 Å². The van der Waals surface area contributed by atoms with Crippen molar-refractivity contribution >= 4 is 11.7 Å². The van der Waals surface area contributed by atoms with Gasteiger partial charge in [0.1, 0.15) is 0 Å². The lowest BCUT2D eigenvalue weighted by Crippen LogP contribution is -2.25. The molecule has 1 N–H and O–H groups in total. The number of aryl methyl sites for hydroxylation is 2. The zero-order chi connectivity index (χ0) is 17.4. The molecule has 0 radical (unpaired) electrons. The summed E-state index contributed by atoms with van der Waals surface area (Å²) in [7, 11) is 0. The van der Waals surface area contributed by atoms with Gasteiger partial charge in [-0.05, 0) is 37.6 Å². The monoisotopic (exact) mass is 339 g/mol. The van der Waals surface area contributed by atoms with Gasteiger partial charge in [-0.15, -0.1) is 5.10 Å². The lowest BCUT2D eigenvalue weighted by atomic mass is 10.2. The van der Waals surface area contributed by atoms with Gasteiger partial charge in [0, 0.05) is 17.9 Å². The van der Waals surface area contributed by atoms with Gasteiger partial charge in [0.2, 0.25) is 12.7 Å². The van der Waals surface area contributed by atoms with Crippen LogP contribution in [0.5, 0.6) is 11.5 Å². The van der Waals surface area contributed by atoms with E-state index in [0.717, 1.165) is 22.7 Å². The van der Waals surface area contributed by atoms with E-state index in [-0.39, 0.29) is 19.1 Å². The number of hydrogen-bond donors (Lipinski definition) is 1. The Hall–Kier alpha value is -3.16. The van der Waals surface area contributed by atoms with E-state index in [1.165, 1.54) is 0 Å². The molecule has 1 amide bonds. The van der Waals surface area contributed by atoms with E-state index >= 15 is 0 Å². The standard InChI is InChI=1S/C17H17N5O3/c1-10-5-11(2)22-17(19-10)20-15(21-22)7-16(23)18-8-12-3-4-13-14(6-12)25-9-24-13/h3-6H,7-9H2,1-2H3,(H,18,23). The van der Waals surface area contributed by atoms with E-state index in [4.69, 9.17) is 9.47 Å². The van der Waals surface area contributed by atoms with E-state index in [2.05, 4.69) is 20.4 Å². The smallest absolute Gasteiger partial charge is 0.252 e. The fraction of sp³-hybridized carbons (Fsp3) is 0.294. The number of nitrogens with one attached hydrogen (secondary N) is 1. The number of nitrogens with zero attached hydrogens (tertiary/aromatic N) is 4. The Balaban J connectivity index is 1.41. The third-order valence-corrected chi connectivity index (χ3v) is 3.91. The molecule has 0 spiro atoms. The molecule has 0 atom stereocenters. The van der Waals surface area contributed by atoms with Crippen LogP contribution in [0.25, 0.3) is 5.78 Å². The zero-order valence-electron chi connectivity index (χ0n) is 13.9. The first kappa shape index (κ1) is 15.4. The van der Waals surface area contributed by atoms with E-state index in [9.17, 15) is 4.79 Å². The third-order valence-electron chi connectivity index (χ3n) is 3.91. The molecule has 1 aromatic carbocycles. The molecule has 8 heteroatoms. The molecule has 3 aromatic rings. The SMILES string of the molecule is Cc1cc(C)n2nc(CC(=O)NCc3ccc4c(c3)OCO4)nc2n1. The predicted octanol–water partition coefficient (Wildman–Crippen LogP) is 1.33. The largest absolute Gasteiger partial charge is 0.454 e. The maximum atomic E-state index is 12.2. The molecule has 25 heavy (non-hydrogen) atoms. The van der Waals surface area contributed by atoms with Crippen LogP contribution >= 0.6 is 0 Å². The molecule has 0 fully saturated rings. The number of benzene rings is 1. The number of ether oxygens (including phenoxy) is 2. The number of hydrogen-bond acceptors (Lipinski definition) is 6. The molecular weight excluding hydrogens is 322 g/mol. The first-order chi connectivity index (χ1) is 12.1. The summed E-state index contributed by atoms with van der Waals surface area (Å²) >= 11 is 0. The molecule has 8 nitrogen and oxygen atoms in total. The van der Waals surface area contributed by atoms with Crippen molar-refractivity contribution in [2.24, 2.45) is 0 Å². The molecule has 128 valence electrons. The summed E-state index contributed by atoms with van der Waals surface area (Å²) in [4.78, 5) is 20.8. The van der Waals surface area contributed by atoms with Gasteiger partial charge in [-0.2, -0.15) is 4.98 Å². The van der Waals surface area contributed by atoms with Gasteiger partial charge >= 0.3 is 0 Å². The quantitative estimate of drug-likeness (QED) is 0.771. The second-order valence-electron chi connectivity index (χ2n) is 5.92. The summed E-state index contributed by atoms with van der Waals surface area (Å²) in [6.07, 6.45) is 0.104. The Labute approximate surface area is 143 Å². The summed E-state index contributed by atoms with van der Waals surface area (Å²) in [5.41, 5.74) is 2.74. The van der Waals surface area contributed by atoms with Crippen LogP contribution in [0.3, 0.4) is 0 Å². The van der Waals surface area contributed by atoms with Gasteiger partial charge in [0.15, 0.2) is 17.3 Å². The van der Waals surface area contributed by atoms with Crippen LogP contribution in [0.4, 0.5) is 0 Å². The van der Waals surface area contributed by atoms with Crippen LogP contribution < -0.4 is 14.8 Å². The lowest BCUT2D eigenvalue weighted by Gasteiger charge is -2.05. The molecule has 2 aromatic heterocycles. The minimum absolute atomic E-state index is 0.104. The molecule has 1 aliphatic rings. The first-order valence-electron chi connectivity index (χ1n) is 7.93. The molecule has 1 aliphatic heterocycles. The van der Waals surface area contributed by atoms with Crippen molar-refractivity contribution < 1.29 is 14.3 Å². The Bertz CT molecular complexity index is 966. The lowest BCUT2D eigenvalue weighted by molar-refractivity contribution is -0.120. The second kappa shape index (κ2) is 6.04. The number of carbonyl (C=O) groups is 1. The van der Waals surface area contributed by atoms with Crippen molar-refractivity contribution in [2.75, 3.05) is 6.79 Å². The highest BCUT2D eigenvalue weighted by molar-refractivity contribution is 5.77. The Morgan fingerprint density at radius 1 is 1.20 bits per heavy atom. The van der Waals surface area contributed by atoms with Crippen LogP contribution in [-0.2, 0) is 17.8 Å². The van der Waals surface area contributed by atoms with E-state index in [0.29, 0.717) is 23.9 Å². The topological polar surface area (TPSA) is 90.6 Å². The van der Waals surface area contributed by atoms with Crippen LogP contribution in [0.2, 0.25) is 0 Å². The number of fused-ring (bicyclic) bond motifs is 2. The normalized spacial score (nSPS) is 12.6. The average molecular weight is 339 g/mol. The van der Waals surface area contributed by atoms with E-state index < -0.39 is 0 Å². The minimum Gasteiger partial charge on any atom is -0.454 e. The number of carbonyl (C=O) groups excluding carboxylic acids is 1. The fourth-order valence-electron chi connectivity index (χ4n) is 2.74. The fourth-order valence-corrected chi connectivity index (χ4v) is 2.74. The molecule has 3 heterocycles. The summed E-state index contributed by atoms with van der Waals surface area (Å²) in [5.74, 6) is 2.23. The van der Waals surface area contributed by atoms with Crippen LogP contribution in [-0.4, -0.2) is 32.3 Å². The highest BCUT2D eigenvalue weighted by atomic mass is 16.7. The Kier molecular flexibility index (Phi) is 3.72. The van der Waals surface area contributed by atoms with Crippen molar-refractivity contribution in [1.82, 2.24) is 24.9 Å². The number of amides is 1. The zero-order valence-corrected chi connectivity index (χ0v) is 13.9. The predicted molar refractivity (Wildman–Crippen MR) is 88.4 cm³/mol. The van der Waals surface area contributed by atoms with Gasteiger partial charge in [0.25, 0.3) is 5.78 Å². The first-order valence-corrected chi connectivity index (χ1v) is 7.93. The summed E-state index contributed by atoms with van der Waals surface area (Å²) in [6, 6.07) is 7.52. The minimum atomic E-state index is -0.150. The number of aromatic nitrogens is 4. The molecule has 4 rings (SSSR count). The Morgan fingerprint density at radius 3 is 2.92 bits per heavy atom. The average Bonchev–Trinajstić information content (AvgIpc) is 3.18. The summed E-state index contributed by atoms with van der Waals surface area (Å²) in [5, 5.41) is 7.21. The van der Waals surface area contributed by atoms with Crippen molar-refractivity contribution in [1.29, 1.82) is 0 Å². The highest BCUT2D eigenvalue weighted by Gasteiger charge is 2.14. The van der Waals surface area contributed by atoms with Crippen molar-refractivity contribution in [3.8, 4) is 11.5 Å². The third kappa shape index (κ3) is 3.10. The Morgan fingerprint density at radius 2 is 2.04 bits per heavy atom. The molecule has 0 saturated carbocycles. The van der Waals surface area contributed by atoms with Gasteiger partial charge < -0.3 is 14.8 Å². The van der Waals surface area contributed by atoms with Gasteiger partial charge in [-0.25, -0.2) is 9.50 Å². The van der Waals surface area contributed by atoms with Crippen LogP contribution in [0.15, 0.2) is 24.3 Å². The van der Waals surface area contributed by atoms with Crippen LogP contribution in [0.1, 0.15) is 22.8 Å². The van der Waals surface area contributed by atoms with Crippen molar-refractivity contribution in [2.45, 2.75) is 26.8 Å². The molecular formula is C17H17N5O3. The van der Waals surface area contributed by atoms with Crippen molar-refractivity contribution in [3.63, 3.8) is 0 Å². The van der Waals surface area contributed by atoms with Crippen LogP contribution in [0, 0.1) is 13.8 Å². The van der Waals surface area contributed by atoms with E-state index in [1.807, 2.05) is 38.1 Å². The molecule has 0 aliphatic carbocycles. The van der Waals surface area contributed by atoms with Crippen molar-refractivity contribution in [3.05, 3.63) is 47.0 Å². The summed E-state index contributed by atoms with van der Waals surface area (Å²) in [6.45, 7) is 4.47. The molecule has 0 bridgehead atoms. The molecule has 0 unspecified atom stereocenters. The van der Waals surface area contributed by atoms with Gasteiger partial charge in [-0.3, -0.25) is 4.79 Å². The molecule has 0 saturated heterocycles.